The van der Waals surface area contributed by atoms with Crippen molar-refractivity contribution in [2.24, 2.45) is 7.05 Å². The fourth-order valence-electron chi connectivity index (χ4n) is 5.51. The van der Waals surface area contributed by atoms with Crippen LogP contribution in [0.2, 0.25) is 0 Å². The Morgan fingerprint density at radius 1 is 1.26 bits per heavy atom. The van der Waals surface area contributed by atoms with Crippen molar-refractivity contribution >= 4 is 17.9 Å². The van der Waals surface area contributed by atoms with Crippen LogP contribution < -0.4 is 4.90 Å². The highest BCUT2D eigenvalue weighted by molar-refractivity contribution is 5.74. The molecular weight excluding hydrogens is 432 g/mol. The molecule has 2 atom stereocenters. The van der Waals surface area contributed by atoms with Gasteiger partial charge in [-0.2, -0.15) is 10.2 Å². The van der Waals surface area contributed by atoms with Gasteiger partial charge in [-0.25, -0.2) is 0 Å². The summed E-state index contributed by atoms with van der Waals surface area (Å²) in [6, 6.07) is 6.84. The van der Waals surface area contributed by atoms with E-state index in [0.29, 0.717) is 13.2 Å². The number of ether oxygens (including phenoxy) is 2. The second kappa shape index (κ2) is 8.56. The molecule has 9 nitrogen and oxygen atoms in total. The van der Waals surface area contributed by atoms with Gasteiger partial charge in [0.15, 0.2) is 5.82 Å². The van der Waals surface area contributed by atoms with Crippen molar-refractivity contribution in [3.05, 3.63) is 47.4 Å². The number of rotatable bonds is 5. The molecule has 3 aliphatic rings. The molecule has 5 heterocycles. The molecule has 0 spiro atoms. The number of aromatic nitrogens is 4. The van der Waals surface area contributed by atoms with Crippen LogP contribution in [0.5, 0.6) is 0 Å². The van der Waals surface area contributed by atoms with Crippen LogP contribution in [0.1, 0.15) is 29.3 Å². The zero-order chi connectivity index (χ0) is 23.2. The summed E-state index contributed by atoms with van der Waals surface area (Å²) in [5, 5.41) is 9.50. The van der Waals surface area contributed by atoms with Crippen LogP contribution in [0.15, 0.2) is 30.6 Å². The Bertz CT molecular complexity index is 1210. The van der Waals surface area contributed by atoms with Gasteiger partial charge in [0.1, 0.15) is 0 Å². The number of carbonyl (C=O) groups excluding carboxylic acids is 1. The molecule has 2 unspecified atom stereocenters. The van der Waals surface area contributed by atoms with E-state index in [2.05, 4.69) is 32.9 Å². The van der Waals surface area contributed by atoms with Gasteiger partial charge in [0.2, 0.25) is 6.41 Å². The molecule has 1 amide bonds. The fraction of sp³-hybridized carbons (Fsp3) is 0.480. The highest BCUT2D eigenvalue weighted by Crippen LogP contribution is 2.40. The van der Waals surface area contributed by atoms with Crippen molar-refractivity contribution in [3.63, 3.8) is 0 Å². The average Bonchev–Trinajstić information content (AvgIpc) is 3.62. The molecule has 0 N–H and O–H groups in total. The summed E-state index contributed by atoms with van der Waals surface area (Å²) in [5.41, 5.74) is 7.00. The summed E-state index contributed by atoms with van der Waals surface area (Å²) in [4.78, 5) is 15.8. The van der Waals surface area contributed by atoms with Crippen molar-refractivity contribution in [2.45, 2.75) is 38.0 Å². The van der Waals surface area contributed by atoms with E-state index in [1.54, 1.807) is 7.11 Å². The van der Waals surface area contributed by atoms with Crippen molar-refractivity contribution in [3.8, 4) is 11.1 Å². The summed E-state index contributed by atoms with van der Waals surface area (Å²) >= 11 is 0. The minimum Gasteiger partial charge on any atom is -0.379 e. The fourth-order valence-corrected chi connectivity index (χ4v) is 5.51. The summed E-state index contributed by atoms with van der Waals surface area (Å²) in [5.74, 6) is 0.936. The molecule has 0 aliphatic carbocycles. The van der Waals surface area contributed by atoms with Gasteiger partial charge in [-0.1, -0.05) is 6.07 Å². The van der Waals surface area contributed by atoms with Crippen LogP contribution in [0, 0.1) is 0 Å². The molecule has 2 aromatic heterocycles. The number of aryl methyl sites for hydroxylation is 1. The number of methoxy groups -OCH3 is 1. The van der Waals surface area contributed by atoms with Crippen LogP contribution >= 0.6 is 0 Å². The summed E-state index contributed by atoms with van der Waals surface area (Å²) < 4.78 is 15.5. The van der Waals surface area contributed by atoms with E-state index in [9.17, 15) is 4.79 Å². The number of carbonyl (C=O) groups is 1. The molecule has 3 aromatic rings. The third kappa shape index (κ3) is 3.59. The largest absolute Gasteiger partial charge is 0.379 e. The van der Waals surface area contributed by atoms with Gasteiger partial charge in [-0.05, 0) is 29.7 Å². The Morgan fingerprint density at radius 2 is 2.18 bits per heavy atom. The van der Waals surface area contributed by atoms with E-state index < -0.39 is 0 Å². The molecule has 1 saturated heterocycles. The van der Waals surface area contributed by atoms with Gasteiger partial charge in [-0.15, -0.1) is 0 Å². The van der Waals surface area contributed by atoms with Crippen molar-refractivity contribution < 1.29 is 14.3 Å². The first-order valence-electron chi connectivity index (χ1n) is 11.9. The molecule has 9 heteroatoms. The maximum atomic E-state index is 11.6. The molecule has 34 heavy (non-hydrogen) atoms. The van der Waals surface area contributed by atoms with Crippen LogP contribution in [-0.4, -0.2) is 70.4 Å². The minimum atomic E-state index is 0.0537. The first-order chi connectivity index (χ1) is 16.6. The van der Waals surface area contributed by atoms with Crippen LogP contribution in [0.4, 0.5) is 11.5 Å². The first kappa shape index (κ1) is 21.4. The van der Waals surface area contributed by atoms with Gasteiger partial charge in [0.25, 0.3) is 0 Å². The lowest BCUT2D eigenvalue weighted by atomic mass is 9.95. The number of hydrogen-bond acceptors (Lipinski definition) is 6. The molecule has 6 rings (SSSR count). The molecule has 178 valence electrons. The number of nitrogens with zero attached hydrogens (tertiary/aromatic N) is 6. The summed E-state index contributed by atoms with van der Waals surface area (Å²) in [6.07, 6.45) is 7.56. The zero-order valence-electron chi connectivity index (χ0n) is 19.7. The molecule has 0 bridgehead atoms. The SMILES string of the molecule is COC1Cc2cc(-c3cnn(C)c3)ccc2N(c2nn(C3CCOC3)c3c2CN(C=O)CC3)C1. The summed E-state index contributed by atoms with van der Waals surface area (Å²) in [6.45, 7) is 3.49. The van der Waals surface area contributed by atoms with Gasteiger partial charge >= 0.3 is 0 Å². The van der Waals surface area contributed by atoms with Crippen LogP contribution in [0.25, 0.3) is 11.1 Å². The predicted molar refractivity (Wildman–Crippen MR) is 127 cm³/mol. The zero-order valence-corrected chi connectivity index (χ0v) is 19.7. The Kier molecular flexibility index (Phi) is 5.38. The maximum Gasteiger partial charge on any atom is 0.210 e. The van der Waals surface area contributed by atoms with E-state index in [4.69, 9.17) is 14.6 Å². The maximum absolute atomic E-state index is 11.6. The Morgan fingerprint density at radius 3 is 2.91 bits per heavy atom. The van der Waals surface area contributed by atoms with Gasteiger partial charge in [0.05, 0.1) is 38.0 Å². The molecule has 0 radical (unpaired) electrons. The number of hydrogen-bond donors (Lipinski definition) is 0. The normalized spacial score (nSPS) is 22.1. The lowest BCUT2D eigenvalue weighted by molar-refractivity contribution is -0.118. The molecule has 1 aromatic carbocycles. The van der Waals surface area contributed by atoms with Crippen molar-refractivity contribution in [1.29, 1.82) is 0 Å². The Hall–Kier alpha value is -3.17. The Labute approximate surface area is 198 Å². The highest BCUT2D eigenvalue weighted by Gasteiger charge is 2.34. The molecule has 0 saturated carbocycles. The predicted octanol–water partition coefficient (Wildman–Crippen LogP) is 2.47. The highest BCUT2D eigenvalue weighted by atomic mass is 16.5. The third-order valence-electron chi connectivity index (χ3n) is 7.33. The van der Waals surface area contributed by atoms with E-state index in [1.807, 2.05) is 29.0 Å². The van der Waals surface area contributed by atoms with Crippen LogP contribution in [0.3, 0.4) is 0 Å². The van der Waals surface area contributed by atoms with E-state index in [1.165, 1.54) is 11.3 Å². The van der Waals surface area contributed by atoms with Gasteiger partial charge in [-0.3, -0.25) is 14.2 Å². The van der Waals surface area contributed by atoms with E-state index in [-0.39, 0.29) is 12.1 Å². The number of anilines is 2. The number of fused-ring (bicyclic) bond motifs is 2. The second-order valence-electron chi connectivity index (χ2n) is 9.46. The van der Waals surface area contributed by atoms with Crippen molar-refractivity contribution in [1.82, 2.24) is 24.5 Å². The number of benzene rings is 1. The van der Waals surface area contributed by atoms with Crippen molar-refractivity contribution in [2.75, 3.05) is 38.3 Å². The lowest BCUT2D eigenvalue weighted by Crippen LogP contribution is -2.38. The molecule has 3 aliphatic heterocycles. The number of amides is 1. The van der Waals surface area contributed by atoms with Crippen LogP contribution in [-0.2, 0) is 40.7 Å². The minimum absolute atomic E-state index is 0.0537. The topological polar surface area (TPSA) is 77.7 Å². The van der Waals surface area contributed by atoms with E-state index in [0.717, 1.165) is 73.6 Å². The first-order valence-corrected chi connectivity index (χ1v) is 11.9. The van der Waals surface area contributed by atoms with Gasteiger partial charge in [0, 0.05) is 68.9 Å². The standard InChI is InChI=1S/C25H30N6O3/c1-28-12-19(11-26-28)17-3-4-23-18(9-17)10-21(33-2)13-30(23)25-22-14-29(16-32)7-5-24(22)31(27-25)20-6-8-34-15-20/h3-4,9,11-12,16,20-21H,5-8,10,13-15H2,1-2H3. The average molecular weight is 463 g/mol. The monoisotopic (exact) mass is 462 g/mol. The van der Waals surface area contributed by atoms with Gasteiger partial charge < -0.3 is 19.3 Å². The lowest BCUT2D eigenvalue weighted by Gasteiger charge is -2.35. The van der Waals surface area contributed by atoms with E-state index >= 15 is 0 Å². The second-order valence-corrected chi connectivity index (χ2v) is 9.46. The quantitative estimate of drug-likeness (QED) is 0.542. The molecular formula is C25H30N6O3. The summed E-state index contributed by atoms with van der Waals surface area (Å²) in [7, 11) is 3.71. The molecule has 1 fully saturated rings. The third-order valence-corrected chi connectivity index (χ3v) is 7.33. The Balaban J connectivity index is 1.45. The smallest absolute Gasteiger partial charge is 0.210 e.